The molecule has 2 aliphatic carbocycles. The fourth-order valence-electron chi connectivity index (χ4n) is 3.95. The van der Waals surface area contributed by atoms with Crippen LogP contribution in [0.1, 0.15) is 78.5 Å². The predicted molar refractivity (Wildman–Crippen MR) is 107 cm³/mol. The van der Waals surface area contributed by atoms with Crippen molar-refractivity contribution in [3.63, 3.8) is 0 Å². The van der Waals surface area contributed by atoms with E-state index in [1.54, 1.807) is 13.1 Å². The smallest absolute Gasteiger partial charge is 0.286 e. The van der Waals surface area contributed by atoms with E-state index in [-0.39, 0.29) is 41.6 Å². The van der Waals surface area contributed by atoms with Crippen molar-refractivity contribution < 1.29 is 19.1 Å². The van der Waals surface area contributed by atoms with Crippen molar-refractivity contribution >= 4 is 11.8 Å². The zero-order valence-electron chi connectivity index (χ0n) is 16.8. The first-order chi connectivity index (χ1) is 13.4. The molecule has 0 saturated heterocycles. The number of aliphatic hydroxyl groups is 1. The number of amides is 2. The van der Waals surface area contributed by atoms with Gasteiger partial charge in [0.15, 0.2) is 5.76 Å². The summed E-state index contributed by atoms with van der Waals surface area (Å²) in [5.74, 6) is 0.322. The van der Waals surface area contributed by atoms with Crippen molar-refractivity contribution in [3.05, 3.63) is 47.0 Å². The van der Waals surface area contributed by atoms with Gasteiger partial charge in [-0.2, -0.15) is 0 Å². The van der Waals surface area contributed by atoms with Gasteiger partial charge >= 0.3 is 0 Å². The van der Waals surface area contributed by atoms with Gasteiger partial charge in [-0.05, 0) is 44.9 Å². The molecule has 3 rings (SSSR count). The van der Waals surface area contributed by atoms with E-state index < -0.39 is 0 Å². The highest BCUT2D eigenvalue weighted by molar-refractivity contribution is 5.99. The lowest BCUT2D eigenvalue weighted by Gasteiger charge is -2.26. The molecule has 1 heterocycles. The number of nitrogens with one attached hydrogen (secondary N) is 2. The fourth-order valence-corrected chi connectivity index (χ4v) is 3.95. The monoisotopic (exact) mass is 386 g/mol. The molecule has 0 spiro atoms. The number of allylic oxidation sites excluding steroid dienone is 4. The highest BCUT2D eigenvalue weighted by Gasteiger charge is 2.30. The van der Waals surface area contributed by atoms with E-state index >= 15 is 0 Å². The Morgan fingerprint density at radius 3 is 2.54 bits per heavy atom. The molecular formula is C22H30N2O4. The molecule has 2 aliphatic rings. The quantitative estimate of drug-likeness (QED) is 0.724. The zero-order chi connectivity index (χ0) is 20.3. The first-order valence-corrected chi connectivity index (χ1v) is 10.1. The van der Waals surface area contributed by atoms with Crippen LogP contribution in [0.25, 0.3) is 0 Å². The van der Waals surface area contributed by atoms with Crippen LogP contribution in [0.4, 0.5) is 0 Å². The molecule has 1 fully saturated rings. The minimum absolute atomic E-state index is 0.0343. The van der Waals surface area contributed by atoms with Gasteiger partial charge in [-0.1, -0.05) is 30.7 Å². The maximum Gasteiger partial charge on any atom is 0.286 e. The van der Waals surface area contributed by atoms with Crippen molar-refractivity contribution in [2.45, 2.75) is 64.0 Å². The van der Waals surface area contributed by atoms with Gasteiger partial charge in [0.05, 0.1) is 11.7 Å². The Balaban J connectivity index is 1.82. The molecule has 3 N–H and O–H groups in total. The van der Waals surface area contributed by atoms with E-state index in [9.17, 15) is 14.7 Å². The number of carbonyl (C=O) groups is 2. The third-order valence-electron chi connectivity index (χ3n) is 5.86. The predicted octanol–water partition coefficient (Wildman–Crippen LogP) is 3.30. The van der Waals surface area contributed by atoms with E-state index in [2.05, 4.69) is 35.8 Å². The van der Waals surface area contributed by atoms with Gasteiger partial charge in [-0.25, -0.2) is 0 Å². The van der Waals surface area contributed by atoms with Gasteiger partial charge in [0.2, 0.25) is 0 Å². The minimum Gasteiger partial charge on any atom is -0.455 e. The summed E-state index contributed by atoms with van der Waals surface area (Å²) in [6, 6.07) is 1.59. The average molecular weight is 386 g/mol. The average Bonchev–Trinajstić information content (AvgIpc) is 3.15. The van der Waals surface area contributed by atoms with Crippen LogP contribution in [0.3, 0.4) is 0 Å². The second-order valence-electron chi connectivity index (χ2n) is 7.94. The molecule has 1 aromatic heterocycles. The Kier molecular flexibility index (Phi) is 6.39. The highest BCUT2D eigenvalue weighted by Crippen LogP contribution is 2.35. The number of carbonyl (C=O) groups excluding carboxylic acids is 2. The Morgan fingerprint density at radius 2 is 1.93 bits per heavy atom. The second-order valence-corrected chi connectivity index (χ2v) is 7.94. The number of hydrogen-bond acceptors (Lipinski definition) is 4. The van der Waals surface area contributed by atoms with E-state index in [1.807, 2.05) is 6.92 Å². The standard InChI is InChI=1S/C22H30N2O4/c1-13-4-6-15(7-5-13)14(2)20-18(12-19(28-20)22(27)23-3)21(26)24-16-8-10-17(25)11-9-16/h4-6,12,14-17,25H,7-11H2,1-3H3,(H,23,27)(H,24,26)/t14-,15?,16-,17-/m0/s1. The molecule has 0 aliphatic heterocycles. The zero-order valence-corrected chi connectivity index (χ0v) is 16.8. The van der Waals surface area contributed by atoms with Gasteiger partial charge in [-0.3, -0.25) is 9.59 Å². The van der Waals surface area contributed by atoms with E-state index in [4.69, 9.17) is 4.42 Å². The van der Waals surface area contributed by atoms with Crippen LogP contribution in [0.5, 0.6) is 0 Å². The topological polar surface area (TPSA) is 91.6 Å². The molecule has 6 heteroatoms. The molecule has 2 atom stereocenters. The van der Waals surface area contributed by atoms with Gasteiger partial charge in [0.1, 0.15) is 5.76 Å². The van der Waals surface area contributed by atoms with E-state index in [0.29, 0.717) is 24.2 Å². The van der Waals surface area contributed by atoms with Crippen LogP contribution < -0.4 is 10.6 Å². The summed E-state index contributed by atoms with van der Waals surface area (Å²) in [6.07, 6.45) is 9.92. The summed E-state index contributed by atoms with van der Waals surface area (Å²) in [5, 5.41) is 15.3. The molecule has 0 aromatic carbocycles. The first-order valence-electron chi connectivity index (χ1n) is 10.1. The van der Waals surface area contributed by atoms with Crippen molar-refractivity contribution in [2.75, 3.05) is 7.05 Å². The molecule has 1 saturated carbocycles. The van der Waals surface area contributed by atoms with Crippen LogP contribution in [0, 0.1) is 5.92 Å². The normalized spacial score (nSPS) is 25.7. The Bertz CT molecular complexity index is 784. The largest absolute Gasteiger partial charge is 0.455 e. The van der Waals surface area contributed by atoms with E-state index in [1.165, 1.54) is 5.57 Å². The molecule has 28 heavy (non-hydrogen) atoms. The Morgan fingerprint density at radius 1 is 1.21 bits per heavy atom. The number of furan rings is 1. The number of hydrogen-bond donors (Lipinski definition) is 3. The molecule has 152 valence electrons. The van der Waals surface area contributed by atoms with Crippen molar-refractivity contribution in [2.24, 2.45) is 5.92 Å². The third-order valence-corrected chi connectivity index (χ3v) is 5.86. The van der Waals surface area contributed by atoms with Gasteiger partial charge < -0.3 is 20.2 Å². The minimum atomic E-state index is -0.344. The summed E-state index contributed by atoms with van der Waals surface area (Å²) < 4.78 is 5.87. The SMILES string of the molecule is CNC(=O)c1cc(C(=O)N[C@H]2CC[C@H](O)CC2)c([C@@H](C)C2C=CC(C)=CC2)o1. The Labute approximate surface area is 166 Å². The fraction of sp³-hybridized carbons (Fsp3) is 0.545. The molecule has 1 aromatic rings. The van der Waals surface area contributed by atoms with Crippen LogP contribution in [0.15, 0.2) is 34.3 Å². The maximum absolute atomic E-state index is 13.0. The van der Waals surface area contributed by atoms with Crippen LogP contribution >= 0.6 is 0 Å². The lowest BCUT2D eigenvalue weighted by Crippen LogP contribution is -2.38. The van der Waals surface area contributed by atoms with Crippen LogP contribution in [-0.4, -0.2) is 36.1 Å². The summed E-state index contributed by atoms with van der Waals surface area (Å²) in [6.45, 7) is 4.09. The van der Waals surface area contributed by atoms with Crippen molar-refractivity contribution in [1.82, 2.24) is 10.6 Å². The molecule has 0 bridgehead atoms. The molecular weight excluding hydrogens is 356 g/mol. The molecule has 1 unspecified atom stereocenters. The maximum atomic E-state index is 13.0. The van der Waals surface area contributed by atoms with Crippen molar-refractivity contribution in [3.8, 4) is 0 Å². The summed E-state index contributed by atoms with van der Waals surface area (Å²) in [7, 11) is 1.54. The number of rotatable bonds is 5. The molecule has 6 nitrogen and oxygen atoms in total. The van der Waals surface area contributed by atoms with Crippen LogP contribution in [-0.2, 0) is 0 Å². The van der Waals surface area contributed by atoms with Gasteiger partial charge in [0.25, 0.3) is 11.8 Å². The lowest BCUT2D eigenvalue weighted by atomic mass is 9.84. The van der Waals surface area contributed by atoms with Gasteiger partial charge in [0, 0.05) is 25.1 Å². The first kappa shape index (κ1) is 20.4. The van der Waals surface area contributed by atoms with E-state index in [0.717, 1.165) is 19.3 Å². The number of aliphatic hydroxyl groups excluding tert-OH is 1. The summed E-state index contributed by atoms with van der Waals surface area (Å²) in [5.41, 5.74) is 1.66. The summed E-state index contributed by atoms with van der Waals surface area (Å²) >= 11 is 0. The molecule has 2 amide bonds. The molecule has 0 radical (unpaired) electrons. The highest BCUT2D eigenvalue weighted by atomic mass is 16.4. The van der Waals surface area contributed by atoms with Gasteiger partial charge in [-0.15, -0.1) is 0 Å². The lowest BCUT2D eigenvalue weighted by molar-refractivity contribution is 0.0864. The Hall–Kier alpha value is -2.34. The summed E-state index contributed by atoms with van der Waals surface area (Å²) in [4.78, 5) is 25.1. The third kappa shape index (κ3) is 4.55. The van der Waals surface area contributed by atoms with Crippen molar-refractivity contribution in [1.29, 1.82) is 0 Å². The van der Waals surface area contributed by atoms with Crippen LogP contribution in [0.2, 0.25) is 0 Å². The second kappa shape index (κ2) is 8.78.